The zero-order valence-electron chi connectivity index (χ0n) is 21.5. The Bertz CT molecular complexity index is 1520. The van der Waals surface area contributed by atoms with Gasteiger partial charge in [-0.25, -0.2) is 18.8 Å². The highest BCUT2D eigenvalue weighted by atomic mass is 32.2. The Morgan fingerprint density at radius 3 is 2.66 bits per heavy atom. The van der Waals surface area contributed by atoms with Crippen molar-refractivity contribution in [3.05, 3.63) is 35.5 Å². The zero-order valence-corrected chi connectivity index (χ0v) is 24.0. The molecule has 1 saturated heterocycles. The number of furan rings is 1. The summed E-state index contributed by atoms with van der Waals surface area (Å²) in [5.41, 5.74) is 2.24. The molecule has 13 heteroatoms. The highest BCUT2D eigenvalue weighted by molar-refractivity contribution is 7.97. The Labute approximate surface area is 232 Å². The topological polar surface area (TPSA) is 90.4 Å². The van der Waals surface area contributed by atoms with Gasteiger partial charge in [0, 0.05) is 48.9 Å². The average Bonchev–Trinajstić information content (AvgIpc) is 3.69. The van der Waals surface area contributed by atoms with Crippen LogP contribution in [-0.4, -0.2) is 69.5 Å². The van der Waals surface area contributed by atoms with Crippen LogP contribution in [0.15, 0.2) is 34.2 Å². The van der Waals surface area contributed by atoms with Crippen molar-refractivity contribution in [2.24, 2.45) is 0 Å². The summed E-state index contributed by atoms with van der Waals surface area (Å²) in [4.78, 5) is 12.6. The second-order valence-electron chi connectivity index (χ2n) is 9.05. The second kappa shape index (κ2) is 10.6. The number of rotatable bonds is 9. The van der Waals surface area contributed by atoms with Crippen LogP contribution < -0.4 is 19.1 Å². The molecule has 6 rings (SSSR count). The number of methoxy groups -OCH3 is 2. The molecule has 1 fully saturated rings. The number of imidazole rings is 1. The Hall–Kier alpha value is -3.00. The Balaban J connectivity index is 1.18. The van der Waals surface area contributed by atoms with Crippen molar-refractivity contribution in [1.82, 2.24) is 23.9 Å². The van der Waals surface area contributed by atoms with E-state index in [0.29, 0.717) is 45.6 Å². The van der Waals surface area contributed by atoms with Crippen molar-refractivity contribution < 1.29 is 18.6 Å². The molecule has 5 heterocycles. The zero-order chi connectivity index (χ0) is 26.2. The molecular formula is C25H28N6O4S3. The van der Waals surface area contributed by atoms with Crippen LogP contribution >= 0.6 is 34.6 Å². The molecule has 1 aliphatic heterocycles. The van der Waals surface area contributed by atoms with Gasteiger partial charge in [-0.1, -0.05) is 25.8 Å². The number of anilines is 1. The van der Waals surface area contributed by atoms with E-state index >= 15 is 0 Å². The van der Waals surface area contributed by atoms with E-state index in [4.69, 9.17) is 23.6 Å². The van der Waals surface area contributed by atoms with Crippen molar-refractivity contribution in [1.29, 1.82) is 0 Å². The summed E-state index contributed by atoms with van der Waals surface area (Å²) < 4.78 is 27.2. The first-order valence-corrected chi connectivity index (χ1v) is 14.8. The minimum absolute atomic E-state index is 0.354. The minimum atomic E-state index is 0.354. The summed E-state index contributed by atoms with van der Waals surface area (Å²) in [6.07, 6.45) is 1.82. The van der Waals surface area contributed by atoms with Crippen molar-refractivity contribution in [2.45, 2.75) is 25.7 Å². The molecule has 200 valence electrons. The van der Waals surface area contributed by atoms with Gasteiger partial charge in [0.15, 0.2) is 10.9 Å². The molecule has 0 aliphatic carbocycles. The molecular weight excluding hydrogens is 545 g/mol. The SMILES string of the molecule is COc1cc(OCc2csc(N3CCN(SC(C)C)CC3)n2)c2cc(-c3cn4nc(OC)sc4n3)oc2c1. The fraction of sp³-hybridized carbons (Fsp3) is 0.400. The molecule has 4 aromatic heterocycles. The third-order valence-corrected chi connectivity index (χ3v) is 8.96. The van der Waals surface area contributed by atoms with Gasteiger partial charge in [0.25, 0.3) is 5.19 Å². The van der Waals surface area contributed by atoms with Crippen molar-refractivity contribution in [2.75, 3.05) is 45.3 Å². The number of thiazole rings is 1. The van der Waals surface area contributed by atoms with E-state index in [1.807, 2.05) is 36.3 Å². The van der Waals surface area contributed by atoms with E-state index in [0.717, 1.165) is 47.4 Å². The average molecular weight is 573 g/mol. The normalized spacial score (nSPS) is 14.7. The first-order chi connectivity index (χ1) is 18.5. The maximum atomic E-state index is 6.25. The Morgan fingerprint density at radius 2 is 1.92 bits per heavy atom. The van der Waals surface area contributed by atoms with Gasteiger partial charge in [-0.15, -0.1) is 16.4 Å². The Kier molecular flexibility index (Phi) is 7.08. The predicted octanol–water partition coefficient (Wildman–Crippen LogP) is 5.44. The van der Waals surface area contributed by atoms with Gasteiger partial charge >= 0.3 is 0 Å². The number of piperazine rings is 1. The fourth-order valence-corrected chi connectivity index (χ4v) is 6.81. The lowest BCUT2D eigenvalue weighted by molar-refractivity contribution is 0.303. The van der Waals surface area contributed by atoms with Gasteiger partial charge in [-0.3, -0.25) is 0 Å². The number of fused-ring (bicyclic) bond motifs is 2. The summed E-state index contributed by atoms with van der Waals surface area (Å²) >= 11 is 4.96. The molecule has 38 heavy (non-hydrogen) atoms. The van der Waals surface area contributed by atoms with Crippen LogP contribution in [0.25, 0.3) is 27.4 Å². The molecule has 1 aliphatic rings. The van der Waals surface area contributed by atoms with E-state index in [9.17, 15) is 0 Å². The summed E-state index contributed by atoms with van der Waals surface area (Å²) in [5.74, 6) is 1.95. The first kappa shape index (κ1) is 25.3. The summed E-state index contributed by atoms with van der Waals surface area (Å²) in [6, 6.07) is 5.66. The first-order valence-electron chi connectivity index (χ1n) is 12.2. The second-order valence-corrected chi connectivity index (χ2v) is 12.5. The van der Waals surface area contributed by atoms with E-state index in [2.05, 4.69) is 38.5 Å². The molecule has 10 nitrogen and oxygen atoms in total. The highest BCUT2D eigenvalue weighted by Gasteiger charge is 2.21. The van der Waals surface area contributed by atoms with Crippen LogP contribution in [0.4, 0.5) is 5.13 Å². The predicted molar refractivity (Wildman–Crippen MR) is 152 cm³/mol. The molecule has 0 spiro atoms. The lowest BCUT2D eigenvalue weighted by Gasteiger charge is -2.34. The van der Waals surface area contributed by atoms with Crippen LogP contribution in [0, 0.1) is 0 Å². The van der Waals surface area contributed by atoms with Crippen molar-refractivity contribution in [3.63, 3.8) is 0 Å². The molecule has 0 saturated carbocycles. The lowest BCUT2D eigenvalue weighted by atomic mass is 10.2. The quantitative estimate of drug-likeness (QED) is 0.213. The smallest absolute Gasteiger partial charge is 0.294 e. The van der Waals surface area contributed by atoms with Crippen molar-refractivity contribution >= 4 is 55.7 Å². The third kappa shape index (κ3) is 5.15. The number of hydrogen-bond donors (Lipinski definition) is 0. The van der Waals surface area contributed by atoms with Crippen LogP contribution in [0.5, 0.6) is 16.7 Å². The standard InChI is InChI=1S/C25H28N6O4S3/c1-15(2)38-30-7-5-29(6-8-30)23-26-16(14-36-23)13-34-20-9-17(32-3)10-21-18(20)11-22(35-21)19-12-31-24(27-19)37-25(28-31)33-4/h9-12,14-15H,5-8,13H2,1-4H3. The van der Waals surface area contributed by atoms with Crippen LogP contribution in [0.1, 0.15) is 19.5 Å². The van der Waals surface area contributed by atoms with Gasteiger partial charge in [-0.2, -0.15) is 0 Å². The largest absolute Gasteiger partial charge is 0.496 e. The van der Waals surface area contributed by atoms with Crippen LogP contribution in [-0.2, 0) is 6.61 Å². The molecule has 0 N–H and O–H groups in total. The van der Waals surface area contributed by atoms with E-state index in [1.165, 1.54) is 11.3 Å². The molecule has 0 amide bonds. The number of aromatic nitrogens is 4. The number of ether oxygens (including phenoxy) is 3. The number of nitrogens with zero attached hydrogens (tertiary/aromatic N) is 6. The molecule has 0 bridgehead atoms. The van der Waals surface area contributed by atoms with Gasteiger partial charge in [-0.05, 0) is 17.4 Å². The monoisotopic (exact) mass is 572 g/mol. The van der Waals surface area contributed by atoms with Crippen molar-refractivity contribution in [3.8, 4) is 28.1 Å². The third-order valence-electron chi connectivity index (χ3n) is 6.04. The molecule has 0 unspecified atom stereocenters. The number of benzene rings is 1. The summed E-state index contributed by atoms with van der Waals surface area (Å²) in [5, 5.41) is 9.47. The van der Waals surface area contributed by atoms with E-state index < -0.39 is 0 Å². The summed E-state index contributed by atoms with van der Waals surface area (Å²) in [6.45, 7) is 8.87. The fourth-order valence-electron chi connectivity index (χ4n) is 4.27. The lowest BCUT2D eigenvalue weighted by Crippen LogP contribution is -2.43. The van der Waals surface area contributed by atoms with E-state index in [-0.39, 0.29) is 0 Å². The van der Waals surface area contributed by atoms with Gasteiger partial charge < -0.3 is 23.5 Å². The van der Waals surface area contributed by atoms with Gasteiger partial charge in [0.2, 0.25) is 4.96 Å². The summed E-state index contributed by atoms with van der Waals surface area (Å²) in [7, 11) is 3.22. The molecule has 0 radical (unpaired) electrons. The Morgan fingerprint density at radius 1 is 1.08 bits per heavy atom. The van der Waals surface area contributed by atoms with Crippen LogP contribution in [0.3, 0.4) is 0 Å². The molecule has 5 aromatic rings. The number of hydrogen-bond acceptors (Lipinski definition) is 12. The van der Waals surface area contributed by atoms with Gasteiger partial charge in [0.1, 0.15) is 29.4 Å². The molecule has 1 aromatic carbocycles. The van der Waals surface area contributed by atoms with Crippen LogP contribution in [0.2, 0.25) is 0 Å². The maximum Gasteiger partial charge on any atom is 0.294 e. The highest BCUT2D eigenvalue weighted by Crippen LogP contribution is 2.38. The molecule has 0 atom stereocenters. The maximum absolute atomic E-state index is 6.25. The van der Waals surface area contributed by atoms with Gasteiger partial charge in [0.05, 0.1) is 31.5 Å². The van der Waals surface area contributed by atoms with E-state index in [1.54, 1.807) is 30.1 Å². The minimum Gasteiger partial charge on any atom is -0.496 e.